The van der Waals surface area contributed by atoms with Gasteiger partial charge in [-0.05, 0) is 37.1 Å². The molecule has 2 rings (SSSR count). The second kappa shape index (κ2) is 8.64. The molecule has 0 spiro atoms. The third kappa shape index (κ3) is 5.04. The lowest BCUT2D eigenvalue weighted by molar-refractivity contribution is -0.117. The summed E-state index contributed by atoms with van der Waals surface area (Å²) < 4.78 is 13.3. The highest BCUT2D eigenvalue weighted by molar-refractivity contribution is 7.99. The summed E-state index contributed by atoms with van der Waals surface area (Å²) in [5.74, 6) is -0.291. The van der Waals surface area contributed by atoms with Gasteiger partial charge in [0.2, 0.25) is 5.91 Å². The summed E-state index contributed by atoms with van der Waals surface area (Å²) >= 11 is 1.55. The van der Waals surface area contributed by atoms with Crippen LogP contribution in [0.1, 0.15) is 24.8 Å². The first-order chi connectivity index (χ1) is 11.1. The van der Waals surface area contributed by atoms with Gasteiger partial charge < -0.3 is 10.4 Å². The molecule has 1 heterocycles. The van der Waals surface area contributed by atoms with Crippen molar-refractivity contribution in [2.75, 3.05) is 17.7 Å². The molecule has 0 fully saturated rings. The molecule has 0 aliphatic carbocycles. The molecule has 2 N–H and O–H groups in total. The molecule has 4 nitrogen and oxygen atoms in total. The van der Waals surface area contributed by atoms with E-state index in [1.807, 2.05) is 6.07 Å². The fraction of sp³-hybridized carbons (Fsp3) is 0.294. The maximum absolute atomic E-state index is 13.3. The van der Waals surface area contributed by atoms with Crippen molar-refractivity contribution in [2.24, 2.45) is 0 Å². The average Bonchev–Trinajstić information content (AvgIpc) is 2.56. The van der Waals surface area contributed by atoms with Gasteiger partial charge in [-0.2, -0.15) is 0 Å². The molecule has 23 heavy (non-hydrogen) atoms. The molecular formula is C17H19FN2O2S. The van der Waals surface area contributed by atoms with Gasteiger partial charge in [0.15, 0.2) is 0 Å². The van der Waals surface area contributed by atoms with Gasteiger partial charge in [-0.1, -0.05) is 12.1 Å². The van der Waals surface area contributed by atoms with E-state index in [-0.39, 0.29) is 18.3 Å². The zero-order chi connectivity index (χ0) is 16.7. The first kappa shape index (κ1) is 17.4. The lowest BCUT2D eigenvalue weighted by atomic mass is 10.0. The van der Waals surface area contributed by atoms with Crippen molar-refractivity contribution in [3.63, 3.8) is 0 Å². The minimum atomic E-state index is -0.471. The van der Waals surface area contributed by atoms with Crippen LogP contribution in [-0.4, -0.2) is 28.4 Å². The topological polar surface area (TPSA) is 62.2 Å². The van der Waals surface area contributed by atoms with Crippen LogP contribution in [-0.2, 0) is 4.79 Å². The second-order valence-electron chi connectivity index (χ2n) is 5.06. The Bertz CT molecular complexity index is 667. The van der Waals surface area contributed by atoms with E-state index in [1.165, 1.54) is 12.1 Å². The minimum Gasteiger partial charge on any atom is -0.396 e. The van der Waals surface area contributed by atoms with Crippen LogP contribution in [0.3, 0.4) is 0 Å². The van der Waals surface area contributed by atoms with Crippen LogP contribution in [0.15, 0.2) is 47.6 Å². The van der Waals surface area contributed by atoms with E-state index in [2.05, 4.69) is 10.3 Å². The van der Waals surface area contributed by atoms with Crippen LogP contribution in [0.2, 0.25) is 0 Å². The summed E-state index contributed by atoms with van der Waals surface area (Å²) in [5, 5.41) is 11.7. The van der Waals surface area contributed by atoms with Crippen LogP contribution in [0.25, 0.3) is 0 Å². The third-order valence-corrected chi connectivity index (χ3v) is 4.50. The second-order valence-corrected chi connectivity index (χ2v) is 6.20. The highest BCUT2D eigenvalue weighted by Crippen LogP contribution is 2.28. The molecular weight excluding hydrogens is 315 g/mol. The van der Waals surface area contributed by atoms with Crippen molar-refractivity contribution in [3.05, 3.63) is 54.1 Å². The van der Waals surface area contributed by atoms with Gasteiger partial charge in [0.25, 0.3) is 0 Å². The molecule has 1 aromatic heterocycles. The zero-order valence-corrected chi connectivity index (χ0v) is 13.6. The van der Waals surface area contributed by atoms with Gasteiger partial charge in [0.05, 0.1) is 17.8 Å². The van der Waals surface area contributed by atoms with Crippen molar-refractivity contribution in [3.8, 4) is 0 Å². The van der Waals surface area contributed by atoms with E-state index in [0.717, 1.165) is 10.6 Å². The number of aliphatic hydroxyl groups is 1. The number of benzene rings is 1. The van der Waals surface area contributed by atoms with E-state index >= 15 is 0 Å². The van der Waals surface area contributed by atoms with Crippen molar-refractivity contribution >= 4 is 23.4 Å². The van der Waals surface area contributed by atoms with E-state index in [4.69, 9.17) is 5.11 Å². The Hall–Kier alpha value is -1.92. The number of anilines is 1. The largest absolute Gasteiger partial charge is 0.396 e. The molecule has 0 unspecified atom stereocenters. The molecule has 0 aliphatic rings. The van der Waals surface area contributed by atoms with Gasteiger partial charge in [-0.25, -0.2) is 4.39 Å². The average molecular weight is 334 g/mol. The quantitative estimate of drug-likeness (QED) is 0.601. The summed E-state index contributed by atoms with van der Waals surface area (Å²) in [5.41, 5.74) is 1.25. The minimum absolute atomic E-state index is 0.135. The number of pyridine rings is 1. The Morgan fingerprint density at radius 1 is 1.43 bits per heavy atom. The molecule has 0 radical (unpaired) electrons. The van der Waals surface area contributed by atoms with Crippen LogP contribution < -0.4 is 5.32 Å². The number of rotatable bonds is 7. The lowest BCUT2D eigenvalue weighted by Crippen LogP contribution is -2.19. The van der Waals surface area contributed by atoms with Gasteiger partial charge in [0.1, 0.15) is 5.82 Å². The predicted octanol–water partition coefficient (Wildman–Crippen LogP) is 3.44. The van der Waals surface area contributed by atoms with E-state index in [0.29, 0.717) is 17.7 Å². The number of thioether (sulfide) groups is 1. The Kier molecular flexibility index (Phi) is 6.55. The predicted molar refractivity (Wildman–Crippen MR) is 90.1 cm³/mol. The van der Waals surface area contributed by atoms with Gasteiger partial charge in [-0.15, -0.1) is 11.8 Å². The highest BCUT2D eigenvalue weighted by atomic mass is 32.2. The number of carbonyl (C=O) groups excluding carboxylic acids is 1. The fourth-order valence-corrected chi connectivity index (χ4v) is 2.93. The van der Waals surface area contributed by atoms with E-state index < -0.39 is 5.92 Å². The summed E-state index contributed by atoms with van der Waals surface area (Å²) in [6.45, 7) is 1.87. The van der Waals surface area contributed by atoms with Gasteiger partial charge in [0, 0.05) is 23.5 Å². The van der Waals surface area contributed by atoms with Crippen molar-refractivity contribution in [2.45, 2.75) is 24.2 Å². The number of hydrogen-bond donors (Lipinski definition) is 2. The number of aliphatic hydroxyl groups excluding tert-OH is 1. The van der Waals surface area contributed by atoms with Crippen LogP contribution >= 0.6 is 11.8 Å². The highest BCUT2D eigenvalue weighted by Gasteiger charge is 2.17. The molecule has 0 aliphatic heterocycles. The van der Waals surface area contributed by atoms with Crippen molar-refractivity contribution < 1.29 is 14.3 Å². The zero-order valence-electron chi connectivity index (χ0n) is 12.8. The summed E-state index contributed by atoms with van der Waals surface area (Å²) in [6.07, 6.45) is 3.94. The maximum Gasteiger partial charge on any atom is 0.231 e. The summed E-state index contributed by atoms with van der Waals surface area (Å²) in [7, 11) is 0. The van der Waals surface area contributed by atoms with Crippen molar-refractivity contribution in [1.29, 1.82) is 0 Å². The molecule has 122 valence electrons. The number of halogens is 1. The van der Waals surface area contributed by atoms with E-state index in [1.54, 1.807) is 43.2 Å². The fourth-order valence-electron chi connectivity index (χ4n) is 2.02. The van der Waals surface area contributed by atoms with Gasteiger partial charge >= 0.3 is 0 Å². The molecule has 1 aromatic carbocycles. The number of nitrogens with zero attached hydrogens (tertiary/aromatic N) is 1. The molecule has 6 heteroatoms. The van der Waals surface area contributed by atoms with Crippen LogP contribution in [0.5, 0.6) is 0 Å². The maximum atomic E-state index is 13.3. The standard InChI is InChI=1S/C17H19FN2O2S/c1-12(13-4-2-5-14(18)10-13)17(22)20-15-11-19-7-6-16(15)23-9-3-8-21/h2,4-7,10-12,21H,3,8-9H2,1H3,(H,20,22)/t12-/m1/s1. The molecule has 0 bridgehead atoms. The molecule has 0 saturated carbocycles. The number of aromatic nitrogens is 1. The van der Waals surface area contributed by atoms with Crippen molar-refractivity contribution in [1.82, 2.24) is 4.98 Å². The smallest absolute Gasteiger partial charge is 0.231 e. The summed E-state index contributed by atoms with van der Waals surface area (Å²) in [4.78, 5) is 17.3. The Balaban J connectivity index is 2.07. The summed E-state index contributed by atoms with van der Waals surface area (Å²) in [6, 6.07) is 7.86. The Morgan fingerprint density at radius 3 is 3.00 bits per heavy atom. The van der Waals surface area contributed by atoms with E-state index in [9.17, 15) is 9.18 Å². The number of amides is 1. The molecule has 0 saturated heterocycles. The Morgan fingerprint density at radius 2 is 2.26 bits per heavy atom. The number of nitrogens with one attached hydrogen (secondary N) is 1. The SMILES string of the molecule is C[C@@H](C(=O)Nc1cnccc1SCCCO)c1cccc(F)c1. The number of hydrogen-bond acceptors (Lipinski definition) is 4. The van der Waals surface area contributed by atoms with Crippen LogP contribution in [0.4, 0.5) is 10.1 Å². The normalized spacial score (nSPS) is 12.0. The van der Waals surface area contributed by atoms with Crippen LogP contribution in [0, 0.1) is 5.82 Å². The van der Waals surface area contributed by atoms with Gasteiger partial charge in [-0.3, -0.25) is 9.78 Å². The first-order valence-corrected chi connectivity index (χ1v) is 8.34. The molecule has 2 aromatic rings. The Labute approximate surface area is 139 Å². The molecule has 1 amide bonds. The monoisotopic (exact) mass is 334 g/mol. The lowest BCUT2D eigenvalue weighted by Gasteiger charge is -2.14. The third-order valence-electron chi connectivity index (χ3n) is 3.34. The number of carbonyl (C=O) groups is 1. The molecule has 1 atom stereocenters. The first-order valence-electron chi connectivity index (χ1n) is 7.36.